The quantitative estimate of drug-likeness (QED) is 0.829. The van der Waals surface area contributed by atoms with Crippen molar-refractivity contribution in [3.8, 4) is 5.75 Å². The van der Waals surface area contributed by atoms with Crippen LogP contribution in [0.3, 0.4) is 0 Å². The summed E-state index contributed by atoms with van der Waals surface area (Å²) in [5.41, 5.74) is 0.675. The van der Waals surface area contributed by atoms with Crippen LogP contribution in [0.2, 0.25) is 0 Å². The summed E-state index contributed by atoms with van der Waals surface area (Å²) < 4.78 is 35.2. The molecular formula is C15H19F2NO2. The fourth-order valence-corrected chi connectivity index (χ4v) is 2.21. The van der Waals surface area contributed by atoms with E-state index in [0.29, 0.717) is 12.2 Å². The van der Waals surface area contributed by atoms with E-state index in [9.17, 15) is 8.78 Å². The summed E-state index contributed by atoms with van der Waals surface area (Å²) in [6, 6.07) is 6.59. The van der Waals surface area contributed by atoms with E-state index in [1.807, 2.05) is 12.1 Å². The lowest BCUT2D eigenvalue weighted by Crippen LogP contribution is -2.25. The largest absolute Gasteiger partial charge is 0.496 e. The Hall–Kier alpha value is -1.62. The van der Waals surface area contributed by atoms with Crippen LogP contribution < -0.4 is 10.1 Å². The lowest BCUT2D eigenvalue weighted by atomic mass is 10.0. The molecule has 110 valence electrons. The number of alkyl halides is 2. The molecule has 5 heteroatoms. The maximum atomic E-state index is 12.5. The first-order valence-corrected chi connectivity index (χ1v) is 6.82. The summed E-state index contributed by atoms with van der Waals surface area (Å²) in [5.74, 6) is 0.969. The molecule has 20 heavy (non-hydrogen) atoms. The molecule has 0 fully saturated rings. The summed E-state index contributed by atoms with van der Waals surface area (Å²) in [6.45, 7) is 0.628. The van der Waals surface area contributed by atoms with Gasteiger partial charge in [0.05, 0.1) is 12.6 Å². The maximum Gasteiger partial charge on any atom is 0.387 e. The maximum absolute atomic E-state index is 12.5. The van der Waals surface area contributed by atoms with Crippen molar-refractivity contribution in [2.75, 3.05) is 13.2 Å². The number of para-hydroxylation sites is 1. The molecule has 0 aromatic heterocycles. The first-order valence-electron chi connectivity index (χ1n) is 6.82. The molecule has 1 aromatic rings. The highest BCUT2D eigenvalue weighted by atomic mass is 19.3. The van der Waals surface area contributed by atoms with Gasteiger partial charge in [0.1, 0.15) is 11.5 Å². The minimum atomic E-state index is -2.83. The highest BCUT2D eigenvalue weighted by Crippen LogP contribution is 2.33. The van der Waals surface area contributed by atoms with E-state index in [1.165, 1.54) is 0 Å². The highest BCUT2D eigenvalue weighted by Gasteiger charge is 2.24. The summed E-state index contributed by atoms with van der Waals surface area (Å²) >= 11 is 0. The Bertz CT molecular complexity index is 463. The predicted molar refractivity (Wildman–Crippen MR) is 72.8 cm³/mol. The monoisotopic (exact) mass is 283 g/mol. The van der Waals surface area contributed by atoms with Crippen LogP contribution in [0.5, 0.6) is 5.75 Å². The summed E-state index contributed by atoms with van der Waals surface area (Å²) in [5, 5.41) is 3.32. The first-order chi connectivity index (χ1) is 9.72. The Morgan fingerprint density at radius 1 is 1.35 bits per heavy atom. The smallest absolute Gasteiger partial charge is 0.387 e. The van der Waals surface area contributed by atoms with Crippen LogP contribution in [0.15, 0.2) is 36.1 Å². The third-order valence-electron chi connectivity index (χ3n) is 3.06. The SMILES string of the molecule is CCCNC(C1=CCCO1)c1ccccc1OC(F)F. The number of nitrogens with one attached hydrogen (secondary N) is 1. The number of benzene rings is 1. The van der Waals surface area contributed by atoms with Gasteiger partial charge in [0.15, 0.2) is 0 Å². The van der Waals surface area contributed by atoms with Gasteiger partial charge in [0.25, 0.3) is 0 Å². The normalized spacial score (nSPS) is 15.9. The van der Waals surface area contributed by atoms with Crippen LogP contribution >= 0.6 is 0 Å². The Morgan fingerprint density at radius 2 is 2.15 bits per heavy atom. The van der Waals surface area contributed by atoms with Gasteiger partial charge in [-0.2, -0.15) is 8.78 Å². The zero-order chi connectivity index (χ0) is 14.4. The molecule has 0 spiro atoms. The third-order valence-corrected chi connectivity index (χ3v) is 3.06. The summed E-state index contributed by atoms with van der Waals surface area (Å²) in [7, 11) is 0. The van der Waals surface area contributed by atoms with Gasteiger partial charge in [0, 0.05) is 12.0 Å². The van der Waals surface area contributed by atoms with Gasteiger partial charge in [-0.25, -0.2) is 0 Å². The second kappa shape index (κ2) is 7.24. The summed E-state index contributed by atoms with van der Waals surface area (Å²) in [6.07, 6.45) is 3.78. The lowest BCUT2D eigenvalue weighted by Gasteiger charge is -2.22. The van der Waals surface area contributed by atoms with Crippen molar-refractivity contribution in [3.63, 3.8) is 0 Å². The van der Waals surface area contributed by atoms with Crippen LogP contribution in [-0.2, 0) is 4.74 Å². The molecule has 1 aromatic carbocycles. The zero-order valence-electron chi connectivity index (χ0n) is 11.4. The topological polar surface area (TPSA) is 30.5 Å². The minimum Gasteiger partial charge on any atom is -0.496 e. The van der Waals surface area contributed by atoms with E-state index in [1.54, 1.807) is 18.2 Å². The molecule has 0 saturated carbocycles. The van der Waals surface area contributed by atoms with E-state index >= 15 is 0 Å². The Labute approximate surface area is 117 Å². The van der Waals surface area contributed by atoms with Crippen molar-refractivity contribution >= 4 is 0 Å². The lowest BCUT2D eigenvalue weighted by molar-refractivity contribution is -0.0507. The number of halogens is 2. The second-order valence-electron chi connectivity index (χ2n) is 4.55. The van der Waals surface area contributed by atoms with E-state index in [2.05, 4.69) is 17.0 Å². The molecule has 0 amide bonds. The molecule has 2 rings (SSSR count). The Balaban J connectivity index is 2.27. The van der Waals surface area contributed by atoms with Crippen molar-refractivity contribution in [1.82, 2.24) is 5.32 Å². The molecule has 0 radical (unpaired) electrons. The molecule has 1 aliphatic heterocycles. The highest BCUT2D eigenvalue weighted by molar-refractivity contribution is 5.39. The van der Waals surface area contributed by atoms with Gasteiger partial charge >= 0.3 is 6.61 Å². The molecule has 1 aliphatic rings. The van der Waals surface area contributed by atoms with Gasteiger partial charge in [-0.3, -0.25) is 0 Å². The molecule has 0 saturated heterocycles. The van der Waals surface area contributed by atoms with Gasteiger partial charge in [-0.1, -0.05) is 25.1 Å². The Morgan fingerprint density at radius 3 is 2.80 bits per heavy atom. The van der Waals surface area contributed by atoms with Crippen molar-refractivity contribution in [2.45, 2.75) is 32.4 Å². The fourth-order valence-electron chi connectivity index (χ4n) is 2.21. The standard InChI is InChI=1S/C15H19F2NO2/c1-2-9-18-14(13-8-5-10-19-13)11-6-3-4-7-12(11)20-15(16)17/h3-4,6-8,14-15,18H,2,5,9-10H2,1H3. The number of ether oxygens (including phenoxy) is 2. The van der Waals surface area contributed by atoms with Crippen molar-refractivity contribution in [2.24, 2.45) is 0 Å². The van der Waals surface area contributed by atoms with E-state index in [0.717, 1.165) is 25.1 Å². The molecule has 0 bridgehead atoms. The van der Waals surface area contributed by atoms with Crippen molar-refractivity contribution < 1.29 is 18.3 Å². The van der Waals surface area contributed by atoms with Gasteiger partial charge in [-0.15, -0.1) is 0 Å². The third kappa shape index (κ3) is 3.70. The van der Waals surface area contributed by atoms with Crippen LogP contribution in [0.4, 0.5) is 8.78 Å². The molecule has 1 unspecified atom stereocenters. The molecule has 3 nitrogen and oxygen atoms in total. The second-order valence-corrected chi connectivity index (χ2v) is 4.55. The predicted octanol–water partition coefficient (Wildman–Crippen LogP) is 3.63. The van der Waals surface area contributed by atoms with Crippen molar-refractivity contribution in [1.29, 1.82) is 0 Å². The zero-order valence-corrected chi connectivity index (χ0v) is 11.4. The first kappa shape index (κ1) is 14.8. The van der Waals surface area contributed by atoms with Crippen LogP contribution in [0.25, 0.3) is 0 Å². The van der Waals surface area contributed by atoms with E-state index < -0.39 is 6.61 Å². The number of hydrogen-bond donors (Lipinski definition) is 1. The molecule has 0 aliphatic carbocycles. The minimum absolute atomic E-state index is 0.188. The van der Waals surface area contributed by atoms with Gasteiger partial charge < -0.3 is 14.8 Å². The average Bonchev–Trinajstić information content (AvgIpc) is 2.94. The summed E-state index contributed by atoms with van der Waals surface area (Å²) in [4.78, 5) is 0. The Kier molecular flexibility index (Phi) is 5.35. The average molecular weight is 283 g/mol. The molecule has 1 heterocycles. The number of rotatable bonds is 7. The molecule has 1 N–H and O–H groups in total. The molecule has 1 atom stereocenters. The van der Waals surface area contributed by atoms with Crippen LogP contribution in [0.1, 0.15) is 31.4 Å². The number of hydrogen-bond acceptors (Lipinski definition) is 3. The molecular weight excluding hydrogens is 264 g/mol. The van der Waals surface area contributed by atoms with Crippen LogP contribution in [0, 0.1) is 0 Å². The van der Waals surface area contributed by atoms with Gasteiger partial charge in [0.2, 0.25) is 0 Å². The van der Waals surface area contributed by atoms with Gasteiger partial charge in [-0.05, 0) is 25.1 Å². The van der Waals surface area contributed by atoms with Crippen LogP contribution in [-0.4, -0.2) is 19.8 Å². The van der Waals surface area contributed by atoms with E-state index in [4.69, 9.17) is 4.74 Å². The van der Waals surface area contributed by atoms with E-state index in [-0.39, 0.29) is 11.8 Å². The van der Waals surface area contributed by atoms with Crippen molar-refractivity contribution in [3.05, 3.63) is 41.7 Å². The fraction of sp³-hybridized carbons (Fsp3) is 0.467.